The smallest absolute Gasteiger partial charge is 0.173 e. The molecule has 2 aliphatic rings. The van der Waals surface area contributed by atoms with E-state index in [4.69, 9.17) is 0 Å². The second-order valence-corrected chi connectivity index (χ2v) is 9.33. The molecule has 1 aromatic carbocycles. The molecule has 2 fully saturated rings. The first-order valence-electron chi connectivity index (χ1n) is 11.6. The van der Waals surface area contributed by atoms with Crippen molar-refractivity contribution in [3.8, 4) is 0 Å². The highest BCUT2D eigenvalue weighted by molar-refractivity contribution is 5.47. The number of aromatic nitrogens is 4. The van der Waals surface area contributed by atoms with Gasteiger partial charge in [0.25, 0.3) is 0 Å². The number of tetrazole rings is 1. The molecule has 1 unspecified atom stereocenters. The zero-order valence-electron chi connectivity index (χ0n) is 19.0. The van der Waals surface area contributed by atoms with Gasteiger partial charge in [0.15, 0.2) is 5.82 Å². The molecule has 7 nitrogen and oxygen atoms in total. The van der Waals surface area contributed by atoms with Gasteiger partial charge in [0.05, 0.1) is 12.1 Å². The molecule has 0 bridgehead atoms. The van der Waals surface area contributed by atoms with Crippen LogP contribution in [0.2, 0.25) is 0 Å². The molecule has 164 valence electrons. The zero-order valence-corrected chi connectivity index (χ0v) is 19.0. The van der Waals surface area contributed by atoms with Crippen molar-refractivity contribution in [2.24, 2.45) is 0 Å². The van der Waals surface area contributed by atoms with Crippen molar-refractivity contribution >= 4 is 5.69 Å². The third kappa shape index (κ3) is 4.52. The van der Waals surface area contributed by atoms with Crippen LogP contribution in [0.25, 0.3) is 0 Å². The zero-order chi connectivity index (χ0) is 21.1. The monoisotopic (exact) mass is 411 g/mol. The molecule has 1 saturated heterocycles. The molecule has 0 spiro atoms. The average Bonchev–Trinajstić information content (AvgIpc) is 3.25. The van der Waals surface area contributed by atoms with Crippen molar-refractivity contribution in [1.29, 1.82) is 0 Å². The Morgan fingerprint density at radius 1 is 0.933 bits per heavy atom. The first kappa shape index (κ1) is 21.2. The molecular formula is C23H37N7. The van der Waals surface area contributed by atoms with E-state index in [0.29, 0.717) is 0 Å². The topological polar surface area (TPSA) is 53.3 Å². The fourth-order valence-electron chi connectivity index (χ4n) is 5.03. The number of piperazine rings is 1. The number of hydrogen-bond acceptors (Lipinski definition) is 6. The lowest BCUT2D eigenvalue weighted by atomic mass is 9.93. The number of hydrogen-bond donors (Lipinski definition) is 0. The van der Waals surface area contributed by atoms with E-state index in [9.17, 15) is 0 Å². The van der Waals surface area contributed by atoms with Gasteiger partial charge in [-0.3, -0.25) is 9.80 Å². The Labute approximate surface area is 181 Å². The Bertz CT molecular complexity index is 784. The van der Waals surface area contributed by atoms with Gasteiger partial charge in [0, 0.05) is 52.0 Å². The normalized spacial score (nSPS) is 20.6. The van der Waals surface area contributed by atoms with Crippen molar-refractivity contribution in [1.82, 2.24) is 30.0 Å². The third-order valence-electron chi connectivity index (χ3n) is 6.78. The highest BCUT2D eigenvalue weighted by Gasteiger charge is 2.33. The lowest BCUT2D eigenvalue weighted by molar-refractivity contribution is 0.0617. The van der Waals surface area contributed by atoms with Crippen LogP contribution in [0.15, 0.2) is 24.3 Å². The van der Waals surface area contributed by atoms with Gasteiger partial charge in [0.2, 0.25) is 0 Å². The van der Waals surface area contributed by atoms with E-state index >= 15 is 0 Å². The first-order valence-corrected chi connectivity index (χ1v) is 11.6. The number of anilines is 1. The van der Waals surface area contributed by atoms with Crippen molar-refractivity contribution in [2.75, 3.05) is 45.2 Å². The summed E-state index contributed by atoms with van der Waals surface area (Å²) in [6.45, 7) is 8.68. The van der Waals surface area contributed by atoms with E-state index in [2.05, 4.69) is 82.4 Å². The first-order chi connectivity index (χ1) is 14.5. The molecule has 4 rings (SSSR count). The summed E-state index contributed by atoms with van der Waals surface area (Å²) >= 11 is 0. The molecule has 7 heteroatoms. The Hall–Kier alpha value is -1.99. The summed E-state index contributed by atoms with van der Waals surface area (Å²) < 4.78 is 1.98. The fraction of sp³-hybridized carbons (Fsp3) is 0.696. The van der Waals surface area contributed by atoms with E-state index < -0.39 is 0 Å². The second-order valence-electron chi connectivity index (χ2n) is 9.33. The second kappa shape index (κ2) is 9.43. The lowest BCUT2D eigenvalue weighted by Gasteiger charge is -2.43. The van der Waals surface area contributed by atoms with Gasteiger partial charge in [-0.2, -0.15) is 0 Å². The van der Waals surface area contributed by atoms with Crippen molar-refractivity contribution in [3.05, 3.63) is 35.7 Å². The van der Waals surface area contributed by atoms with Gasteiger partial charge in [-0.25, -0.2) is 4.68 Å². The summed E-state index contributed by atoms with van der Waals surface area (Å²) in [6.07, 6.45) is 6.96. The summed E-state index contributed by atoms with van der Waals surface area (Å²) in [4.78, 5) is 7.45. The highest BCUT2D eigenvalue weighted by Crippen LogP contribution is 2.31. The van der Waals surface area contributed by atoms with Crippen molar-refractivity contribution in [2.45, 2.75) is 64.1 Å². The summed E-state index contributed by atoms with van der Waals surface area (Å²) in [6, 6.07) is 10.0. The molecule has 0 amide bonds. The summed E-state index contributed by atoms with van der Waals surface area (Å²) in [5.74, 6) is 0.953. The number of benzene rings is 1. The maximum Gasteiger partial charge on any atom is 0.173 e. The van der Waals surface area contributed by atoms with Crippen LogP contribution in [0.1, 0.15) is 69.4 Å². The SMILES string of the molecule is CC(C)n1nnnc1C(c1ccc(N(C)C)cc1)N1CCN(C2CCCCC2)CC1. The van der Waals surface area contributed by atoms with E-state index in [1.165, 1.54) is 43.4 Å². The van der Waals surface area contributed by atoms with Gasteiger partial charge in [0.1, 0.15) is 0 Å². The Morgan fingerprint density at radius 3 is 2.20 bits per heavy atom. The Kier molecular flexibility index (Phi) is 6.68. The van der Waals surface area contributed by atoms with Crippen LogP contribution in [0.4, 0.5) is 5.69 Å². The van der Waals surface area contributed by atoms with Crippen molar-refractivity contribution < 1.29 is 0 Å². The molecule has 0 N–H and O–H groups in total. The molecule has 0 radical (unpaired) electrons. The Morgan fingerprint density at radius 2 is 1.60 bits per heavy atom. The molecule has 2 heterocycles. The van der Waals surface area contributed by atoms with Crippen LogP contribution in [-0.2, 0) is 0 Å². The molecule has 2 aromatic rings. The standard InChI is InChI=1S/C23H37N7/c1-18(2)30-23(24-25-26-30)22(19-10-12-20(13-11-19)27(3)4)29-16-14-28(15-17-29)21-8-6-5-7-9-21/h10-13,18,21-22H,5-9,14-17H2,1-4H3. The number of nitrogens with zero attached hydrogens (tertiary/aromatic N) is 7. The van der Waals surface area contributed by atoms with Gasteiger partial charge >= 0.3 is 0 Å². The molecule has 1 aromatic heterocycles. The van der Waals surface area contributed by atoms with E-state index in [1.807, 2.05) is 4.68 Å². The molecule has 1 aliphatic carbocycles. The van der Waals surface area contributed by atoms with Gasteiger partial charge in [-0.15, -0.1) is 5.10 Å². The minimum atomic E-state index is 0.0899. The van der Waals surface area contributed by atoms with E-state index in [1.54, 1.807) is 0 Å². The van der Waals surface area contributed by atoms with Crippen LogP contribution in [-0.4, -0.2) is 76.3 Å². The average molecular weight is 412 g/mol. The summed E-state index contributed by atoms with van der Waals surface area (Å²) in [5.41, 5.74) is 2.48. The lowest BCUT2D eigenvalue weighted by Crippen LogP contribution is -2.52. The minimum Gasteiger partial charge on any atom is -0.378 e. The van der Waals surface area contributed by atoms with Gasteiger partial charge in [-0.05, 0) is 54.8 Å². The fourth-order valence-corrected chi connectivity index (χ4v) is 5.03. The Balaban J connectivity index is 1.57. The molecule has 1 aliphatic heterocycles. The predicted octanol–water partition coefficient (Wildman–Crippen LogP) is 3.36. The van der Waals surface area contributed by atoms with Gasteiger partial charge < -0.3 is 4.90 Å². The van der Waals surface area contributed by atoms with E-state index in [0.717, 1.165) is 38.0 Å². The van der Waals surface area contributed by atoms with Crippen molar-refractivity contribution in [3.63, 3.8) is 0 Å². The van der Waals surface area contributed by atoms with E-state index in [-0.39, 0.29) is 12.1 Å². The van der Waals surface area contributed by atoms with Crippen LogP contribution in [0.5, 0.6) is 0 Å². The van der Waals surface area contributed by atoms with Crippen LogP contribution in [0, 0.1) is 0 Å². The number of rotatable bonds is 6. The largest absolute Gasteiger partial charge is 0.378 e. The predicted molar refractivity (Wildman–Crippen MR) is 121 cm³/mol. The highest BCUT2D eigenvalue weighted by atomic mass is 15.6. The van der Waals surface area contributed by atoms with Crippen LogP contribution < -0.4 is 4.90 Å². The van der Waals surface area contributed by atoms with Gasteiger partial charge in [-0.1, -0.05) is 31.4 Å². The molecular weight excluding hydrogens is 374 g/mol. The summed E-state index contributed by atoms with van der Waals surface area (Å²) in [5, 5.41) is 12.8. The van der Waals surface area contributed by atoms with Crippen LogP contribution in [0.3, 0.4) is 0 Å². The minimum absolute atomic E-state index is 0.0899. The molecule has 30 heavy (non-hydrogen) atoms. The van der Waals surface area contributed by atoms with Crippen LogP contribution >= 0.6 is 0 Å². The molecule has 1 saturated carbocycles. The quantitative estimate of drug-likeness (QED) is 0.727. The maximum absolute atomic E-state index is 4.49. The molecule has 1 atom stereocenters. The third-order valence-corrected chi connectivity index (χ3v) is 6.78. The maximum atomic E-state index is 4.49. The summed E-state index contributed by atoms with van der Waals surface area (Å²) in [7, 11) is 4.16.